The van der Waals surface area contributed by atoms with Crippen molar-refractivity contribution < 1.29 is 0 Å². The molecule has 0 amide bonds. The van der Waals surface area contributed by atoms with Gasteiger partial charge in [-0.25, -0.2) is 0 Å². The minimum absolute atomic E-state index is 0.0914. The molecule has 0 N–H and O–H groups in total. The van der Waals surface area contributed by atoms with Gasteiger partial charge in [-0.15, -0.1) is 0 Å². The lowest BCUT2D eigenvalue weighted by Crippen LogP contribution is -2.10. The first-order valence-corrected chi connectivity index (χ1v) is 3.96. The topological polar surface area (TPSA) is 0 Å². The van der Waals surface area contributed by atoms with E-state index in [1.807, 2.05) is 0 Å². The Morgan fingerprint density at radius 1 is 0.909 bits per heavy atom. The quantitative estimate of drug-likeness (QED) is 0.493. The molecule has 0 bridgehead atoms. The second-order valence-corrected chi connectivity index (χ2v) is 3.83. The summed E-state index contributed by atoms with van der Waals surface area (Å²) < 4.78 is 0. The van der Waals surface area contributed by atoms with Crippen LogP contribution in [-0.2, 0) is 0 Å². The van der Waals surface area contributed by atoms with E-state index in [0.29, 0.717) is 0 Å². The predicted octanol–water partition coefficient (Wildman–Crippen LogP) is 3.48. The lowest BCUT2D eigenvalue weighted by atomic mass is 9.82. The molecule has 0 nitrogen and oxygen atoms in total. The molecule has 1 aliphatic rings. The van der Waals surface area contributed by atoms with Crippen LogP contribution < -0.4 is 0 Å². The molecule has 1 rings (SSSR count). The third-order valence-corrected chi connectivity index (χ3v) is 2.98. The van der Waals surface area contributed by atoms with E-state index in [4.69, 9.17) is 0 Å². The van der Waals surface area contributed by atoms with Gasteiger partial charge in [0.25, 0.3) is 0 Å². The van der Waals surface area contributed by atoms with Crippen LogP contribution in [0.25, 0.3) is 0 Å². The van der Waals surface area contributed by atoms with Gasteiger partial charge in [0.05, 0.1) is 0 Å². The monoisotopic (exact) mass is 148 g/mol. The largest absolute Gasteiger partial charge is 0.0947 e. The van der Waals surface area contributed by atoms with Gasteiger partial charge >= 0.3 is 0 Å². The Hall–Kier alpha value is -0.780. The molecular formula is C11H16. The van der Waals surface area contributed by atoms with E-state index in [1.54, 1.807) is 0 Å². The molecule has 0 spiro atoms. The summed E-state index contributed by atoms with van der Waals surface area (Å²) in [5.41, 5.74) is 5.17. The van der Waals surface area contributed by atoms with E-state index in [-0.39, 0.29) is 5.41 Å². The summed E-state index contributed by atoms with van der Waals surface area (Å²) in [6.07, 6.45) is 0. The predicted molar refractivity (Wildman–Crippen MR) is 50.4 cm³/mol. The van der Waals surface area contributed by atoms with Crippen molar-refractivity contribution in [3.8, 4) is 0 Å². The SMILES string of the molecule is C=C1C(C)=C(C)C(=C)C1(C)C. The van der Waals surface area contributed by atoms with Crippen LogP contribution in [0.3, 0.4) is 0 Å². The molecule has 0 unspecified atom stereocenters. The molecular weight excluding hydrogens is 132 g/mol. The summed E-state index contributed by atoms with van der Waals surface area (Å²) in [6, 6.07) is 0. The van der Waals surface area contributed by atoms with Crippen LogP contribution in [0, 0.1) is 5.41 Å². The van der Waals surface area contributed by atoms with E-state index in [2.05, 4.69) is 40.9 Å². The zero-order valence-electron chi connectivity index (χ0n) is 7.91. The van der Waals surface area contributed by atoms with Gasteiger partial charge in [0.1, 0.15) is 0 Å². The van der Waals surface area contributed by atoms with Crippen LogP contribution in [0.1, 0.15) is 27.7 Å². The van der Waals surface area contributed by atoms with Crippen LogP contribution in [0.2, 0.25) is 0 Å². The second-order valence-electron chi connectivity index (χ2n) is 3.83. The minimum atomic E-state index is 0.0914. The maximum Gasteiger partial charge on any atom is 0.0140 e. The first-order chi connectivity index (χ1) is 4.89. The summed E-state index contributed by atoms with van der Waals surface area (Å²) in [5, 5.41) is 0. The number of hydrogen-bond acceptors (Lipinski definition) is 0. The third kappa shape index (κ3) is 0.891. The number of hydrogen-bond donors (Lipinski definition) is 0. The van der Waals surface area contributed by atoms with Gasteiger partial charge < -0.3 is 0 Å². The smallest absolute Gasteiger partial charge is 0.0140 e. The van der Waals surface area contributed by atoms with E-state index in [1.165, 1.54) is 22.3 Å². The van der Waals surface area contributed by atoms with Crippen molar-refractivity contribution in [3.05, 3.63) is 35.5 Å². The van der Waals surface area contributed by atoms with Crippen LogP contribution in [0.5, 0.6) is 0 Å². The fraction of sp³-hybridized carbons (Fsp3) is 0.455. The van der Waals surface area contributed by atoms with E-state index in [9.17, 15) is 0 Å². The van der Waals surface area contributed by atoms with E-state index < -0.39 is 0 Å². The van der Waals surface area contributed by atoms with E-state index in [0.717, 1.165) is 0 Å². The Balaban J connectivity index is 3.24. The Labute approximate surface area is 69.3 Å². The molecule has 0 heteroatoms. The lowest BCUT2D eigenvalue weighted by Gasteiger charge is -2.22. The van der Waals surface area contributed by atoms with Gasteiger partial charge in [-0.2, -0.15) is 0 Å². The summed E-state index contributed by atoms with van der Waals surface area (Å²) in [5.74, 6) is 0. The molecule has 0 aromatic rings. The fourth-order valence-electron chi connectivity index (χ4n) is 1.57. The highest BCUT2D eigenvalue weighted by Gasteiger charge is 2.33. The van der Waals surface area contributed by atoms with Crippen LogP contribution in [0.4, 0.5) is 0 Å². The molecule has 0 saturated heterocycles. The normalized spacial score (nSPS) is 23.3. The average molecular weight is 148 g/mol. The van der Waals surface area contributed by atoms with Crippen molar-refractivity contribution in [2.45, 2.75) is 27.7 Å². The molecule has 0 fully saturated rings. The van der Waals surface area contributed by atoms with E-state index >= 15 is 0 Å². The van der Waals surface area contributed by atoms with Gasteiger partial charge in [-0.05, 0) is 36.1 Å². The minimum Gasteiger partial charge on any atom is -0.0947 e. The Morgan fingerprint density at radius 2 is 1.18 bits per heavy atom. The van der Waals surface area contributed by atoms with Gasteiger partial charge in [0, 0.05) is 5.41 Å². The van der Waals surface area contributed by atoms with Crippen LogP contribution >= 0.6 is 0 Å². The highest BCUT2D eigenvalue weighted by molar-refractivity contribution is 5.56. The zero-order chi connectivity index (χ0) is 8.81. The van der Waals surface area contributed by atoms with Crippen molar-refractivity contribution in [3.63, 3.8) is 0 Å². The first-order valence-electron chi connectivity index (χ1n) is 3.96. The average Bonchev–Trinajstić information content (AvgIpc) is 2.06. The molecule has 0 aliphatic heterocycles. The maximum absolute atomic E-state index is 4.07. The molecule has 0 radical (unpaired) electrons. The maximum atomic E-state index is 4.07. The number of rotatable bonds is 0. The molecule has 60 valence electrons. The molecule has 0 atom stereocenters. The van der Waals surface area contributed by atoms with Crippen molar-refractivity contribution in [2.75, 3.05) is 0 Å². The standard InChI is InChI=1S/C11H16/c1-7-8(2)10(4)11(5,6)9(7)3/h3-4H2,1-2,5-6H3. The third-order valence-electron chi connectivity index (χ3n) is 2.98. The molecule has 0 aromatic carbocycles. The van der Waals surface area contributed by atoms with Gasteiger partial charge in [0.2, 0.25) is 0 Å². The van der Waals surface area contributed by atoms with Crippen molar-refractivity contribution in [1.29, 1.82) is 0 Å². The van der Waals surface area contributed by atoms with Crippen molar-refractivity contribution >= 4 is 0 Å². The van der Waals surface area contributed by atoms with Crippen molar-refractivity contribution in [1.82, 2.24) is 0 Å². The molecule has 0 saturated carbocycles. The van der Waals surface area contributed by atoms with Gasteiger partial charge in [-0.1, -0.05) is 27.0 Å². The summed E-state index contributed by atoms with van der Waals surface area (Å²) in [6.45, 7) is 16.7. The zero-order valence-corrected chi connectivity index (χ0v) is 7.91. The first kappa shape index (κ1) is 8.32. The second kappa shape index (κ2) is 2.10. The summed E-state index contributed by atoms with van der Waals surface area (Å²) in [4.78, 5) is 0. The summed E-state index contributed by atoms with van der Waals surface area (Å²) in [7, 11) is 0. The molecule has 0 heterocycles. The lowest BCUT2D eigenvalue weighted by molar-refractivity contribution is 0.578. The highest BCUT2D eigenvalue weighted by Crippen LogP contribution is 2.47. The molecule has 0 aromatic heterocycles. The fourth-order valence-corrected chi connectivity index (χ4v) is 1.57. The van der Waals surface area contributed by atoms with Gasteiger partial charge in [-0.3, -0.25) is 0 Å². The molecule has 1 aliphatic carbocycles. The Kier molecular flexibility index (Phi) is 1.59. The summed E-state index contributed by atoms with van der Waals surface area (Å²) >= 11 is 0. The van der Waals surface area contributed by atoms with Crippen molar-refractivity contribution in [2.24, 2.45) is 5.41 Å². The number of allylic oxidation sites excluding steroid dienone is 4. The van der Waals surface area contributed by atoms with Crippen LogP contribution in [-0.4, -0.2) is 0 Å². The van der Waals surface area contributed by atoms with Crippen LogP contribution in [0.15, 0.2) is 35.5 Å². The Bertz CT molecular complexity index is 236. The highest BCUT2D eigenvalue weighted by atomic mass is 14.4. The molecule has 11 heavy (non-hydrogen) atoms. The Morgan fingerprint density at radius 3 is 1.27 bits per heavy atom. The van der Waals surface area contributed by atoms with Gasteiger partial charge in [0.15, 0.2) is 0 Å².